The lowest BCUT2D eigenvalue weighted by Gasteiger charge is -2.04. The molecule has 1 aliphatic carbocycles. The molecular formula is C15H25NS. The van der Waals surface area contributed by atoms with Crippen molar-refractivity contribution < 1.29 is 0 Å². The molecule has 1 aromatic rings. The van der Waals surface area contributed by atoms with Gasteiger partial charge >= 0.3 is 0 Å². The normalized spacial score (nSPS) is 21.7. The molecule has 1 heterocycles. The monoisotopic (exact) mass is 251 g/mol. The van der Waals surface area contributed by atoms with Gasteiger partial charge in [-0.15, -0.1) is 11.3 Å². The Labute approximate surface area is 110 Å². The molecule has 0 aromatic carbocycles. The number of nitrogens with one attached hydrogen (secondary N) is 1. The molecule has 0 aliphatic heterocycles. The Bertz CT molecular complexity index is 375. The second-order valence-corrected chi connectivity index (χ2v) is 7.60. The SMILES string of the molecule is CCc1ccc(CNCC2C(C)(C)C2(C)C)s1. The Balaban J connectivity index is 1.78. The Morgan fingerprint density at radius 1 is 1.12 bits per heavy atom. The second-order valence-electron chi connectivity index (χ2n) is 6.35. The van der Waals surface area contributed by atoms with Crippen molar-refractivity contribution in [3.8, 4) is 0 Å². The van der Waals surface area contributed by atoms with Gasteiger partial charge in [0.15, 0.2) is 0 Å². The Morgan fingerprint density at radius 2 is 1.71 bits per heavy atom. The lowest BCUT2D eigenvalue weighted by atomic mass is 10.0. The highest BCUT2D eigenvalue weighted by atomic mass is 32.1. The molecule has 0 radical (unpaired) electrons. The van der Waals surface area contributed by atoms with E-state index in [1.165, 1.54) is 9.75 Å². The van der Waals surface area contributed by atoms with Crippen LogP contribution < -0.4 is 5.32 Å². The van der Waals surface area contributed by atoms with Gasteiger partial charge in [0.05, 0.1) is 0 Å². The fourth-order valence-electron chi connectivity index (χ4n) is 2.89. The predicted molar refractivity (Wildman–Crippen MR) is 76.5 cm³/mol. The molecule has 17 heavy (non-hydrogen) atoms. The van der Waals surface area contributed by atoms with E-state index in [1.807, 2.05) is 11.3 Å². The van der Waals surface area contributed by atoms with Crippen LogP contribution in [0.4, 0.5) is 0 Å². The Hall–Kier alpha value is -0.340. The number of thiophene rings is 1. The Kier molecular flexibility index (Phi) is 3.39. The zero-order valence-electron chi connectivity index (χ0n) is 11.8. The summed E-state index contributed by atoms with van der Waals surface area (Å²) in [7, 11) is 0. The summed E-state index contributed by atoms with van der Waals surface area (Å²) in [6.45, 7) is 14.0. The van der Waals surface area contributed by atoms with Crippen molar-refractivity contribution in [3.05, 3.63) is 21.9 Å². The van der Waals surface area contributed by atoms with Crippen LogP contribution in [0.3, 0.4) is 0 Å². The van der Waals surface area contributed by atoms with E-state index in [-0.39, 0.29) is 0 Å². The number of aryl methyl sites for hydroxylation is 1. The molecule has 0 atom stereocenters. The zero-order valence-corrected chi connectivity index (χ0v) is 12.6. The van der Waals surface area contributed by atoms with E-state index < -0.39 is 0 Å². The molecule has 96 valence electrons. The van der Waals surface area contributed by atoms with Crippen LogP contribution in [0.25, 0.3) is 0 Å². The van der Waals surface area contributed by atoms with Gasteiger partial charge in [-0.2, -0.15) is 0 Å². The lowest BCUT2D eigenvalue weighted by Crippen LogP contribution is -2.18. The van der Waals surface area contributed by atoms with E-state index >= 15 is 0 Å². The van der Waals surface area contributed by atoms with Gasteiger partial charge in [0.25, 0.3) is 0 Å². The van der Waals surface area contributed by atoms with Gasteiger partial charge in [0.1, 0.15) is 0 Å². The summed E-state index contributed by atoms with van der Waals surface area (Å²) in [5.41, 5.74) is 1.01. The van der Waals surface area contributed by atoms with Crippen LogP contribution in [0.1, 0.15) is 44.4 Å². The maximum Gasteiger partial charge on any atom is 0.0299 e. The largest absolute Gasteiger partial charge is 0.312 e. The lowest BCUT2D eigenvalue weighted by molar-refractivity contribution is 0.457. The van der Waals surface area contributed by atoms with Crippen molar-refractivity contribution in [1.29, 1.82) is 0 Å². The molecule has 0 saturated heterocycles. The third-order valence-corrected chi connectivity index (χ3v) is 6.26. The topological polar surface area (TPSA) is 12.0 Å². The molecular weight excluding hydrogens is 226 g/mol. The summed E-state index contributed by atoms with van der Waals surface area (Å²) in [5, 5.41) is 3.62. The van der Waals surface area contributed by atoms with Crippen molar-refractivity contribution >= 4 is 11.3 Å². The van der Waals surface area contributed by atoms with Gasteiger partial charge in [-0.05, 0) is 41.8 Å². The minimum atomic E-state index is 0.504. The second kappa shape index (κ2) is 4.40. The van der Waals surface area contributed by atoms with Crippen LogP contribution in [0, 0.1) is 16.7 Å². The van der Waals surface area contributed by atoms with Crippen LogP contribution in [0.15, 0.2) is 12.1 Å². The number of hydrogen-bond donors (Lipinski definition) is 1. The highest BCUT2D eigenvalue weighted by molar-refractivity contribution is 7.11. The van der Waals surface area contributed by atoms with Crippen molar-refractivity contribution in [2.45, 2.75) is 47.6 Å². The predicted octanol–water partition coefficient (Wildman–Crippen LogP) is 4.08. The van der Waals surface area contributed by atoms with E-state index in [9.17, 15) is 0 Å². The van der Waals surface area contributed by atoms with E-state index in [2.05, 4.69) is 52.1 Å². The summed E-state index contributed by atoms with van der Waals surface area (Å²) < 4.78 is 0. The molecule has 1 N–H and O–H groups in total. The zero-order chi connectivity index (χ0) is 12.7. The summed E-state index contributed by atoms with van der Waals surface area (Å²) in [6.07, 6.45) is 1.16. The average Bonchev–Trinajstić information content (AvgIpc) is 2.64. The first-order chi connectivity index (χ1) is 7.89. The molecule has 2 heteroatoms. The molecule has 0 spiro atoms. The average molecular weight is 251 g/mol. The molecule has 1 saturated carbocycles. The van der Waals surface area contributed by atoms with E-state index in [1.54, 1.807) is 0 Å². The van der Waals surface area contributed by atoms with Gasteiger partial charge in [-0.25, -0.2) is 0 Å². The number of hydrogen-bond acceptors (Lipinski definition) is 2. The molecule has 0 amide bonds. The third kappa shape index (κ3) is 2.30. The fraction of sp³-hybridized carbons (Fsp3) is 0.733. The first kappa shape index (κ1) is 13.1. The molecule has 2 rings (SSSR count). The van der Waals surface area contributed by atoms with Crippen LogP contribution >= 0.6 is 11.3 Å². The van der Waals surface area contributed by atoms with Crippen LogP contribution in [0.2, 0.25) is 0 Å². The minimum absolute atomic E-state index is 0.504. The fourth-order valence-corrected chi connectivity index (χ4v) is 3.82. The molecule has 1 nitrogen and oxygen atoms in total. The highest BCUT2D eigenvalue weighted by Crippen LogP contribution is 2.67. The Morgan fingerprint density at radius 3 is 2.18 bits per heavy atom. The summed E-state index contributed by atoms with van der Waals surface area (Å²) in [5.74, 6) is 0.820. The standard InChI is InChI=1S/C15H25NS/c1-6-11-7-8-12(17-11)9-16-10-13-14(2,3)15(13,4)5/h7-8,13,16H,6,9-10H2,1-5H3. The smallest absolute Gasteiger partial charge is 0.0299 e. The highest BCUT2D eigenvalue weighted by Gasteiger charge is 2.63. The quantitative estimate of drug-likeness (QED) is 0.831. The van der Waals surface area contributed by atoms with Crippen molar-refractivity contribution in [2.75, 3.05) is 6.54 Å². The van der Waals surface area contributed by atoms with Gasteiger partial charge in [-0.3, -0.25) is 0 Å². The molecule has 0 unspecified atom stereocenters. The minimum Gasteiger partial charge on any atom is -0.312 e. The van der Waals surface area contributed by atoms with E-state index in [4.69, 9.17) is 0 Å². The van der Waals surface area contributed by atoms with Crippen molar-refractivity contribution in [1.82, 2.24) is 5.32 Å². The van der Waals surface area contributed by atoms with Crippen LogP contribution in [-0.4, -0.2) is 6.54 Å². The van der Waals surface area contributed by atoms with Crippen molar-refractivity contribution in [3.63, 3.8) is 0 Å². The molecule has 1 aromatic heterocycles. The summed E-state index contributed by atoms with van der Waals surface area (Å²) >= 11 is 1.94. The number of rotatable bonds is 5. The molecule has 0 bridgehead atoms. The van der Waals surface area contributed by atoms with Gasteiger partial charge in [0, 0.05) is 16.3 Å². The maximum atomic E-state index is 3.62. The van der Waals surface area contributed by atoms with Crippen molar-refractivity contribution in [2.24, 2.45) is 16.7 Å². The molecule has 1 aliphatic rings. The van der Waals surface area contributed by atoms with E-state index in [0.717, 1.165) is 25.4 Å². The van der Waals surface area contributed by atoms with Gasteiger partial charge < -0.3 is 5.32 Å². The van der Waals surface area contributed by atoms with Gasteiger partial charge in [0.2, 0.25) is 0 Å². The third-order valence-electron chi connectivity index (χ3n) is 5.03. The van der Waals surface area contributed by atoms with Crippen LogP contribution in [-0.2, 0) is 13.0 Å². The van der Waals surface area contributed by atoms with Crippen LogP contribution in [0.5, 0.6) is 0 Å². The first-order valence-electron chi connectivity index (χ1n) is 6.68. The summed E-state index contributed by atoms with van der Waals surface area (Å²) in [4.78, 5) is 2.96. The molecule has 1 fully saturated rings. The van der Waals surface area contributed by atoms with Gasteiger partial charge in [-0.1, -0.05) is 34.6 Å². The van der Waals surface area contributed by atoms with E-state index in [0.29, 0.717) is 10.8 Å². The first-order valence-corrected chi connectivity index (χ1v) is 7.49. The summed E-state index contributed by atoms with van der Waals surface area (Å²) in [6, 6.07) is 4.52. The maximum absolute atomic E-state index is 3.62.